The van der Waals surface area contributed by atoms with Crippen molar-refractivity contribution in [3.05, 3.63) is 0 Å². The first kappa shape index (κ1) is 18.4. The van der Waals surface area contributed by atoms with Gasteiger partial charge in [0.1, 0.15) is 0 Å². The van der Waals surface area contributed by atoms with Crippen molar-refractivity contribution in [3.63, 3.8) is 0 Å². The molecule has 0 saturated heterocycles. The molecule has 1 N–H and O–H groups in total. The van der Waals surface area contributed by atoms with Gasteiger partial charge in [0.2, 0.25) is 0 Å². The van der Waals surface area contributed by atoms with Crippen LogP contribution in [0.25, 0.3) is 0 Å². The minimum absolute atomic E-state index is 0. The molecule has 0 fully saturated rings. The molecule has 0 atom stereocenters. The van der Waals surface area contributed by atoms with Crippen LogP contribution < -0.4 is 0 Å². The van der Waals surface area contributed by atoms with E-state index in [0.717, 1.165) is 13.1 Å². The fourth-order valence-corrected chi connectivity index (χ4v) is 1.35. The minimum atomic E-state index is -0.692. The van der Waals surface area contributed by atoms with Crippen molar-refractivity contribution in [2.24, 2.45) is 0 Å². The van der Waals surface area contributed by atoms with E-state index >= 15 is 0 Å². The van der Waals surface area contributed by atoms with Crippen molar-refractivity contribution in [3.8, 4) is 0 Å². The molecule has 0 spiro atoms. The summed E-state index contributed by atoms with van der Waals surface area (Å²) in [4.78, 5) is 12.7. The second-order valence-corrected chi connectivity index (χ2v) is 3.69. The fraction of sp³-hybridized carbons (Fsp3) is 0.909. The van der Waals surface area contributed by atoms with E-state index in [1.807, 2.05) is 0 Å². The number of hydrogen-bond donors (Lipinski definition) is 1. The zero-order valence-corrected chi connectivity index (χ0v) is 9.46. The Morgan fingerprint density at radius 3 is 1.87 bits per heavy atom. The molecule has 0 aliphatic heterocycles. The summed E-state index contributed by atoms with van der Waals surface area (Å²) < 4.78 is 0. The molecule has 88 valence electrons. The summed E-state index contributed by atoms with van der Waals surface area (Å²) in [6.45, 7) is 7.12. The summed E-state index contributed by atoms with van der Waals surface area (Å²) in [5.74, 6) is -0.692. The summed E-state index contributed by atoms with van der Waals surface area (Å²) in [5, 5.41) is 8.59. The van der Waals surface area contributed by atoms with Crippen LogP contribution >= 0.6 is 0 Å². The second kappa shape index (κ2) is 13.1. The molecule has 0 aromatic rings. The van der Waals surface area contributed by atoms with Crippen LogP contribution in [0.2, 0.25) is 0 Å². The molecule has 0 aliphatic carbocycles. The van der Waals surface area contributed by atoms with Gasteiger partial charge >= 0.3 is 54.9 Å². The Hall–Kier alpha value is 1.00. The Morgan fingerprint density at radius 2 is 1.53 bits per heavy atom. The van der Waals surface area contributed by atoms with E-state index in [1.54, 1.807) is 0 Å². The van der Waals surface area contributed by atoms with Gasteiger partial charge in [0.05, 0.1) is 6.42 Å². The molecule has 0 aromatic carbocycles. The fourth-order valence-electron chi connectivity index (χ4n) is 1.35. The van der Waals surface area contributed by atoms with Gasteiger partial charge in [-0.15, -0.1) is 0 Å². The molecule has 0 amide bonds. The van der Waals surface area contributed by atoms with E-state index in [2.05, 4.69) is 18.7 Å². The predicted octanol–water partition coefficient (Wildman–Crippen LogP) is 1.45. The van der Waals surface area contributed by atoms with Gasteiger partial charge in [0.15, 0.2) is 0 Å². The predicted molar refractivity (Wildman–Crippen MR) is 67.1 cm³/mol. The monoisotopic (exact) mass is 341 g/mol. The summed E-state index contributed by atoms with van der Waals surface area (Å²) in [5.41, 5.74) is 0. The van der Waals surface area contributed by atoms with Crippen LogP contribution in [0.15, 0.2) is 0 Å². The van der Waals surface area contributed by atoms with Crippen molar-refractivity contribution >= 4 is 54.9 Å². The quantitative estimate of drug-likeness (QED) is 0.646. The number of carboxylic acids is 1. The molecule has 15 heavy (non-hydrogen) atoms. The molecule has 0 aromatic heterocycles. The Balaban J connectivity index is 0. The zero-order chi connectivity index (χ0) is 10.8. The van der Waals surface area contributed by atoms with Crippen molar-refractivity contribution in [1.29, 1.82) is 0 Å². The zero-order valence-electron chi connectivity index (χ0n) is 9.46. The molecule has 0 radical (unpaired) electrons. The van der Waals surface area contributed by atoms with E-state index in [0.29, 0.717) is 6.54 Å². The number of hydrogen-bond acceptors (Lipinski definition) is 2. The first-order chi connectivity index (χ1) is 6.70. The van der Waals surface area contributed by atoms with Crippen molar-refractivity contribution in [2.45, 2.75) is 46.0 Å². The first-order valence-corrected chi connectivity index (χ1v) is 5.64. The molecule has 0 bridgehead atoms. The van der Waals surface area contributed by atoms with Crippen LogP contribution in [0, 0.1) is 0 Å². The normalized spacial score (nSPS) is 10.1. The molecule has 3 nitrogen and oxygen atoms in total. The number of carboxylic acid groups (broad SMARTS) is 1. The van der Waals surface area contributed by atoms with E-state index < -0.39 is 5.97 Å². The van der Waals surface area contributed by atoms with Crippen molar-refractivity contribution < 1.29 is 9.90 Å². The maximum atomic E-state index is 10.4. The van der Waals surface area contributed by atoms with Crippen LogP contribution in [0.5, 0.6) is 0 Å². The van der Waals surface area contributed by atoms with Gasteiger partial charge in [-0.2, -0.15) is 0 Å². The SMILES string of the molecule is CCCCN(CCCC)CCC(=O)O.[BaH2]. The molecule has 0 rings (SSSR count). The van der Waals surface area contributed by atoms with E-state index in [9.17, 15) is 4.79 Å². The molecule has 4 heteroatoms. The van der Waals surface area contributed by atoms with Crippen LogP contribution in [0.4, 0.5) is 0 Å². The first-order valence-electron chi connectivity index (χ1n) is 5.64. The Morgan fingerprint density at radius 1 is 1.07 bits per heavy atom. The maximum absolute atomic E-state index is 10.4. The third-order valence-corrected chi connectivity index (χ3v) is 2.30. The standard InChI is InChI=1S/C11H23NO2.Ba.2H/c1-3-5-8-12(9-6-4-2)10-7-11(13)14;;;/h3-10H2,1-2H3,(H,13,14);;;. The van der Waals surface area contributed by atoms with E-state index in [-0.39, 0.29) is 55.3 Å². The van der Waals surface area contributed by atoms with Gasteiger partial charge in [-0.1, -0.05) is 26.7 Å². The number of rotatable bonds is 9. The molecule has 0 heterocycles. The summed E-state index contributed by atoms with van der Waals surface area (Å²) in [6, 6.07) is 0. The number of carbonyl (C=O) groups is 1. The topological polar surface area (TPSA) is 40.5 Å². The van der Waals surface area contributed by atoms with Crippen LogP contribution in [0.1, 0.15) is 46.0 Å². The number of nitrogens with zero attached hydrogens (tertiary/aromatic N) is 1. The summed E-state index contributed by atoms with van der Waals surface area (Å²) in [7, 11) is 0. The average Bonchev–Trinajstić information content (AvgIpc) is 2.16. The van der Waals surface area contributed by atoms with Gasteiger partial charge in [0, 0.05) is 6.54 Å². The second-order valence-electron chi connectivity index (χ2n) is 3.69. The van der Waals surface area contributed by atoms with Crippen molar-refractivity contribution in [2.75, 3.05) is 19.6 Å². The molecular formula is C11H25BaNO2. The van der Waals surface area contributed by atoms with E-state index in [4.69, 9.17) is 5.11 Å². The van der Waals surface area contributed by atoms with Crippen molar-refractivity contribution in [1.82, 2.24) is 4.90 Å². The summed E-state index contributed by atoms with van der Waals surface area (Å²) in [6.07, 6.45) is 4.96. The number of unbranched alkanes of at least 4 members (excludes halogenated alkanes) is 2. The third kappa shape index (κ3) is 12.9. The number of aliphatic carboxylic acids is 1. The van der Waals surface area contributed by atoms with Gasteiger partial charge in [-0.05, 0) is 25.9 Å². The molecular weight excluding hydrogens is 315 g/mol. The molecule has 0 saturated carbocycles. The van der Waals surface area contributed by atoms with Crippen LogP contribution in [0.3, 0.4) is 0 Å². The van der Waals surface area contributed by atoms with E-state index in [1.165, 1.54) is 25.7 Å². The van der Waals surface area contributed by atoms with Gasteiger partial charge in [-0.3, -0.25) is 4.79 Å². The average molecular weight is 341 g/mol. The third-order valence-electron chi connectivity index (χ3n) is 2.30. The Labute approximate surface area is 134 Å². The Bertz CT molecular complexity index is 146. The van der Waals surface area contributed by atoms with Gasteiger partial charge in [-0.25, -0.2) is 0 Å². The van der Waals surface area contributed by atoms with Crippen LogP contribution in [-0.2, 0) is 4.79 Å². The van der Waals surface area contributed by atoms with Crippen LogP contribution in [-0.4, -0.2) is 84.5 Å². The molecule has 0 unspecified atom stereocenters. The Kier molecular flexibility index (Phi) is 16.0. The van der Waals surface area contributed by atoms with Gasteiger partial charge in [0.25, 0.3) is 0 Å². The van der Waals surface area contributed by atoms with Gasteiger partial charge < -0.3 is 10.0 Å². The summed E-state index contributed by atoms with van der Waals surface area (Å²) >= 11 is 0. The molecule has 0 aliphatic rings.